The van der Waals surface area contributed by atoms with E-state index in [9.17, 15) is 0 Å². The van der Waals surface area contributed by atoms with Gasteiger partial charge in [-0.25, -0.2) is 4.98 Å². The molecule has 1 aromatic heterocycles. The van der Waals surface area contributed by atoms with E-state index in [0.29, 0.717) is 0 Å². The van der Waals surface area contributed by atoms with Gasteiger partial charge < -0.3 is 0 Å². The van der Waals surface area contributed by atoms with Crippen LogP contribution < -0.4 is 0 Å². The first-order chi connectivity index (χ1) is 4.43. The molecule has 0 unspecified atom stereocenters. The van der Waals surface area contributed by atoms with E-state index >= 15 is 0 Å². The van der Waals surface area contributed by atoms with Crippen LogP contribution in [0.15, 0.2) is 17.7 Å². The monoisotopic (exact) mass is 138 g/mol. The number of hydrogen-bond acceptors (Lipinski definition) is 2. The molecule has 1 radical (unpaired) electrons. The molecule has 47 valence electrons. The fourth-order valence-corrected chi connectivity index (χ4v) is 1.01. The Bertz CT molecular complexity index is 177. The van der Waals surface area contributed by atoms with Crippen molar-refractivity contribution in [2.75, 3.05) is 0 Å². The molecule has 0 aliphatic rings. The van der Waals surface area contributed by atoms with E-state index in [2.05, 4.69) is 18.0 Å². The molecule has 0 N–H and O–H groups in total. The maximum atomic E-state index is 4.03. The summed E-state index contributed by atoms with van der Waals surface area (Å²) in [6, 6.07) is 0. The Kier molecular flexibility index (Phi) is 2.46. The van der Waals surface area contributed by atoms with E-state index < -0.39 is 0 Å². The second kappa shape index (κ2) is 3.41. The average Bonchev–Trinajstić information content (AvgIpc) is 2.34. The van der Waals surface area contributed by atoms with Gasteiger partial charge in [0.25, 0.3) is 0 Å². The molecule has 0 spiro atoms. The van der Waals surface area contributed by atoms with Crippen molar-refractivity contribution in [2.24, 2.45) is 0 Å². The van der Waals surface area contributed by atoms with Gasteiger partial charge in [0.05, 0.1) is 0 Å². The van der Waals surface area contributed by atoms with Crippen molar-refractivity contribution in [1.29, 1.82) is 0 Å². The number of thiazole rings is 1. The van der Waals surface area contributed by atoms with Gasteiger partial charge in [-0.05, 0) is 6.42 Å². The van der Waals surface area contributed by atoms with Gasteiger partial charge in [0.1, 0.15) is 5.01 Å². The molecule has 9 heavy (non-hydrogen) atoms. The summed E-state index contributed by atoms with van der Waals surface area (Å²) in [6.07, 6.45) is 7.86. The quantitative estimate of drug-likeness (QED) is 0.611. The largest absolute Gasteiger partial charge is 0.245 e. The third kappa shape index (κ3) is 1.98. The smallest absolute Gasteiger partial charge is 0.123 e. The fraction of sp³-hybridized carbons (Fsp3) is 0.286. The second-order valence-corrected chi connectivity index (χ2v) is 2.49. The van der Waals surface area contributed by atoms with Crippen LogP contribution >= 0.6 is 11.3 Å². The number of rotatable bonds is 2. The predicted octanol–water partition coefficient (Wildman–Crippen LogP) is 2.26. The van der Waals surface area contributed by atoms with Crippen molar-refractivity contribution >= 4 is 11.3 Å². The summed E-state index contributed by atoms with van der Waals surface area (Å²) in [7, 11) is 0. The lowest BCUT2D eigenvalue weighted by Gasteiger charge is -1.76. The van der Waals surface area contributed by atoms with Crippen molar-refractivity contribution < 1.29 is 0 Å². The van der Waals surface area contributed by atoms with E-state index in [1.807, 2.05) is 11.5 Å². The van der Waals surface area contributed by atoms with Crippen LogP contribution in [0, 0.1) is 6.08 Å². The predicted molar refractivity (Wildman–Crippen MR) is 39.3 cm³/mol. The average molecular weight is 138 g/mol. The van der Waals surface area contributed by atoms with E-state index in [-0.39, 0.29) is 0 Å². The number of nitrogens with zero attached hydrogens (tertiary/aromatic N) is 1. The lowest BCUT2D eigenvalue weighted by Crippen LogP contribution is -1.65. The first-order valence-corrected chi connectivity index (χ1v) is 3.79. The molecular formula is C7H8NS. The van der Waals surface area contributed by atoms with Crippen LogP contribution in [0.1, 0.15) is 18.4 Å². The minimum absolute atomic E-state index is 0.969. The number of hydrogen-bond donors (Lipinski definition) is 0. The van der Waals surface area contributed by atoms with Crippen molar-refractivity contribution in [1.82, 2.24) is 4.98 Å². The zero-order chi connectivity index (χ0) is 6.53. The molecule has 0 saturated heterocycles. The van der Waals surface area contributed by atoms with Crippen molar-refractivity contribution in [2.45, 2.75) is 13.3 Å². The highest BCUT2D eigenvalue weighted by atomic mass is 32.1. The zero-order valence-corrected chi connectivity index (χ0v) is 6.11. The summed E-state index contributed by atoms with van der Waals surface area (Å²) in [6.45, 7) is 2.08. The van der Waals surface area contributed by atoms with Crippen LogP contribution in [-0.4, -0.2) is 4.98 Å². The fourth-order valence-electron chi connectivity index (χ4n) is 0.484. The lowest BCUT2D eigenvalue weighted by molar-refractivity contribution is 1.20. The van der Waals surface area contributed by atoms with Gasteiger partial charge in [-0.15, -0.1) is 11.3 Å². The van der Waals surface area contributed by atoms with Gasteiger partial charge in [0.15, 0.2) is 0 Å². The SMILES string of the molecule is CC/C=[C]\c1nccs1. The molecule has 0 fully saturated rings. The highest BCUT2D eigenvalue weighted by Gasteiger charge is 1.84. The molecule has 0 aliphatic heterocycles. The van der Waals surface area contributed by atoms with Crippen LogP contribution in [0.3, 0.4) is 0 Å². The molecule has 1 nitrogen and oxygen atoms in total. The summed E-state index contributed by atoms with van der Waals surface area (Å²) in [5, 5.41) is 2.92. The number of allylic oxidation sites excluding steroid dienone is 1. The van der Waals surface area contributed by atoms with Gasteiger partial charge in [-0.1, -0.05) is 13.0 Å². The topological polar surface area (TPSA) is 12.9 Å². The third-order valence-corrected chi connectivity index (χ3v) is 1.57. The summed E-state index contributed by atoms with van der Waals surface area (Å²) in [5.74, 6) is 0. The van der Waals surface area contributed by atoms with E-state index in [4.69, 9.17) is 0 Å². The second-order valence-electron chi connectivity index (χ2n) is 1.59. The maximum absolute atomic E-state index is 4.03. The molecule has 0 aromatic carbocycles. The Morgan fingerprint density at radius 3 is 3.33 bits per heavy atom. The van der Waals surface area contributed by atoms with E-state index in [1.165, 1.54) is 0 Å². The van der Waals surface area contributed by atoms with Crippen molar-refractivity contribution in [3.8, 4) is 0 Å². The molecule has 1 rings (SSSR count). The normalized spacial score (nSPS) is 10.8. The molecule has 2 heteroatoms. The number of aromatic nitrogens is 1. The van der Waals surface area contributed by atoms with Crippen LogP contribution in [0.5, 0.6) is 0 Å². The summed E-state index contributed by atoms with van der Waals surface area (Å²) in [4.78, 5) is 4.03. The van der Waals surface area contributed by atoms with Gasteiger partial charge in [0, 0.05) is 17.7 Å². The summed E-state index contributed by atoms with van der Waals surface area (Å²) in [5.41, 5.74) is 0. The van der Waals surface area contributed by atoms with E-state index in [1.54, 1.807) is 17.5 Å². The molecule has 0 atom stereocenters. The highest BCUT2D eigenvalue weighted by Crippen LogP contribution is 2.03. The van der Waals surface area contributed by atoms with Crippen molar-refractivity contribution in [3.05, 3.63) is 28.7 Å². The molecule has 1 heterocycles. The minimum atomic E-state index is 0.969. The molecule has 0 bridgehead atoms. The Balaban J connectivity index is 2.57. The lowest BCUT2D eigenvalue weighted by atomic mass is 10.4. The first-order valence-electron chi connectivity index (χ1n) is 2.91. The summed E-state index contributed by atoms with van der Waals surface area (Å²) >= 11 is 1.61. The van der Waals surface area contributed by atoms with Gasteiger partial charge in [0.2, 0.25) is 0 Å². The Morgan fingerprint density at radius 1 is 1.89 bits per heavy atom. The molecule has 0 saturated carbocycles. The molecule has 0 aliphatic carbocycles. The van der Waals surface area contributed by atoms with Crippen LogP contribution in [0.4, 0.5) is 0 Å². The molecule has 0 amide bonds. The third-order valence-electron chi connectivity index (χ3n) is 0.862. The highest BCUT2D eigenvalue weighted by molar-refractivity contribution is 7.09. The van der Waals surface area contributed by atoms with Gasteiger partial charge in [-0.2, -0.15) is 0 Å². The van der Waals surface area contributed by atoms with Gasteiger partial charge >= 0.3 is 0 Å². The first kappa shape index (κ1) is 6.49. The maximum Gasteiger partial charge on any atom is 0.123 e. The Hall–Kier alpha value is -0.630. The zero-order valence-electron chi connectivity index (χ0n) is 5.29. The van der Waals surface area contributed by atoms with Crippen LogP contribution in [0.2, 0.25) is 0 Å². The Morgan fingerprint density at radius 2 is 2.78 bits per heavy atom. The molecule has 1 aromatic rings. The van der Waals surface area contributed by atoms with Crippen LogP contribution in [0.25, 0.3) is 0 Å². The van der Waals surface area contributed by atoms with Crippen molar-refractivity contribution in [3.63, 3.8) is 0 Å². The molecular weight excluding hydrogens is 130 g/mol. The van der Waals surface area contributed by atoms with Crippen LogP contribution in [-0.2, 0) is 0 Å². The summed E-state index contributed by atoms with van der Waals surface area (Å²) < 4.78 is 0. The van der Waals surface area contributed by atoms with Gasteiger partial charge in [-0.3, -0.25) is 0 Å². The minimum Gasteiger partial charge on any atom is -0.245 e. The Labute approximate surface area is 59.1 Å². The standard InChI is InChI=1S/C7H8NS/c1-2-3-4-7-8-5-6-9-7/h3,5-6H,2H2,1H3. The van der Waals surface area contributed by atoms with E-state index in [0.717, 1.165) is 11.4 Å².